The fourth-order valence-corrected chi connectivity index (χ4v) is 3.55. The first-order valence-corrected chi connectivity index (χ1v) is 9.27. The molecule has 2 heterocycles. The van der Waals surface area contributed by atoms with Gasteiger partial charge in [0.2, 0.25) is 5.27 Å². The van der Waals surface area contributed by atoms with E-state index >= 15 is 0 Å². The van der Waals surface area contributed by atoms with Gasteiger partial charge in [0.1, 0.15) is 0 Å². The summed E-state index contributed by atoms with van der Waals surface area (Å²) in [5.41, 5.74) is 3.21. The van der Waals surface area contributed by atoms with E-state index in [0.717, 1.165) is 15.6 Å². The van der Waals surface area contributed by atoms with Gasteiger partial charge < -0.3 is 5.11 Å². The molecule has 0 saturated heterocycles. The van der Waals surface area contributed by atoms with Gasteiger partial charge >= 0.3 is 5.88 Å². The number of thiazole rings is 1. The summed E-state index contributed by atoms with van der Waals surface area (Å²) in [5, 5.41) is 17.6. The third kappa shape index (κ3) is 4.21. The minimum atomic E-state index is -0.272. The van der Waals surface area contributed by atoms with Gasteiger partial charge in [0.25, 0.3) is 6.20 Å². The minimum absolute atomic E-state index is 0.216. The number of benzene rings is 1. The summed E-state index contributed by atoms with van der Waals surface area (Å²) in [7, 11) is 0. The maximum atomic E-state index is 11.9. The topological polar surface area (TPSA) is 78.2 Å². The second kappa shape index (κ2) is 7.59. The largest absolute Gasteiger partial charge is 0.861 e. The van der Waals surface area contributed by atoms with E-state index in [1.807, 2.05) is 24.4 Å². The van der Waals surface area contributed by atoms with Crippen LogP contribution >= 0.6 is 23.1 Å². The molecule has 0 aliphatic heterocycles. The van der Waals surface area contributed by atoms with Crippen molar-refractivity contribution in [3.8, 4) is 11.3 Å². The number of thioether (sulfide) groups is 1. The third-order valence-corrected chi connectivity index (χ3v) is 5.21. The summed E-state index contributed by atoms with van der Waals surface area (Å²) in [5.74, 6) is 0.168. The highest BCUT2D eigenvalue weighted by Gasteiger charge is 2.08. The van der Waals surface area contributed by atoms with Gasteiger partial charge in [-0.15, -0.1) is 11.3 Å². The van der Waals surface area contributed by atoms with Crippen molar-refractivity contribution >= 4 is 34.9 Å². The highest BCUT2D eigenvalue weighted by Crippen LogP contribution is 2.28. The van der Waals surface area contributed by atoms with E-state index in [-0.39, 0.29) is 17.5 Å². The molecule has 24 heavy (non-hydrogen) atoms. The summed E-state index contributed by atoms with van der Waals surface area (Å²) in [6, 6.07) is 8.21. The molecule has 0 atom stereocenters. The molecule has 6 nitrogen and oxygen atoms in total. The molecule has 0 radical (unpaired) electrons. The molecule has 0 saturated carbocycles. The van der Waals surface area contributed by atoms with E-state index in [0.29, 0.717) is 6.54 Å². The van der Waals surface area contributed by atoms with Crippen LogP contribution in [-0.2, 0) is 6.54 Å². The highest BCUT2D eigenvalue weighted by molar-refractivity contribution is 8.01. The van der Waals surface area contributed by atoms with Gasteiger partial charge in [0.15, 0.2) is 10.9 Å². The molecule has 0 unspecified atom stereocenters. The van der Waals surface area contributed by atoms with Crippen molar-refractivity contribution in [3.05, 3.63) is 41.4 Å². The number of hydrogen-bond donors (Lipinski definition) is 0. The second-order valence-electron chi connectivity index (χ2n) is 5.05. The summed E-state index contributed by atoms with van der Waals surface area (Å²) in [6.07, 6.45) is 1.60. The molecule has 3 rings (SSSR count). The Morgan fingerprint density at radius 1 is 1.38 bits per heavy atom. The summed E-state index contributed by atoms with van der Waals surface area (Å²) in [4.78, 5) is 8.44. The van der Waals surface area contributed by atoms with Gasteiger partial charge in [-0.1, -0.05) is 46.3 Å². The minimum Gasteiger partial charge on any atom is -0.861 e. The Labute approximate surface area is 147 Å². The Bertz CT molecular complexity index is 840. The lowest BCUT2D eigenvalue weighted by Crippen LogP contribution is -2.32. The molecule has 0 aliphatic carbocycles. The lowest BCUT2D eigenvalue weighted by Gasteiger charge is -2.06. The Hall–Kier alpha value is -2.19. The quantitative estimate of drug-likeness (QED) is 0.292. The van der Waals surface area contributed by atoms with Crippen LogP contribution in [0.4, 0.5) is 5.88 Å². The van der Waals surface area contributed by atoms with Crippen molar-refractivity contribution in [3.63, 3.8) is 0 Å². The van der Waals surface area contributed by atoms with E-state index in [4.69, 9.17) is 4.52 Å². The third-order valence-electron chi connectivity index (χ3n) is 3.21. The van der Waals surface area contributed by atoms with Crippen LogP contribution in [0.15, 0.2) is 49.7 Å². The number of hydrogen-bond acceptors (Lipinski definition) is 7. The average molecular weight is 360 g/mol. The van der Waals surface area contributed by atoms with Crippen LogP contribution in [0.25, 0.3) is 11.3 Å². The normalized spacial score (nSPS) is 11.8. The van der Waals surface area contributed by atoms with Crippen molar-refractivity contribution in [2.75, 3.05) is 5.75 Å². The van der Waals surface area contributed by atoms with Gasteiger partial charge in [-0.05, 0) is 19.7 Å². The molecule has 0 bridgehead atoms. The van der Waals surface area contributed by atoms with E-state index in [9.17, 15) is 5.11 Å². The number of aryl methyl sites for hydroxylation is 2. The zero-order valence-corrected chi connectivity index (χ0v) is 14.9. The van der Waals surface area contributed by atoms with Crippen molar-refractivity contribution in [2.45, 2.75) is 24.7 Å². The summed E-state index contributed by atoms with van der Waals surface area (Å²) >= 11 is 2.90. The first-order chi connectivity index (χ1) is 11.6. The first kappa shape index (κ1) is 16.7. The number of aliphatic imine (C=N–C) groups is 1. The van der Waals surface area contributed by atoms with Crippen LogP contribution in [0.3, 0.4) is 0 Å². The van der Waals surface area contributed by atoms with Crippen molar-refractivity contribution in [1.82, 2.24) is 10.3 Å². The standard InChI is InChI=1S/C16H16N4O2S2/c1-3-20-8-15(22-19-20)18-14(21)10-24-16-17-13(9-23-16)12-6-4-11(2)5-7-12/h4-9H,3,10H2,1-2H3. The fraction of sp³-hybridized carbons (Fsp3) is 0.250. The van der Waals surface area contributed by atoms with Crippen LogP contribution in [-0.4, -0.2) is 21.9 Å². The van der Waals surface area contributed by atoms with Crippen molar-refractivity contribution in [2.24, 2.45) is 4.99 Å². The Morgan fingerprint density at radius 3 is 2.88 bits per heavy atom. The number of aromatic nitrogens is 3. The maximum Gasteiger partial charge on any atom is 0.320 e. The Kier molecular flexibility index (Phi) is 5.27. The zero-order chi connectivity index (χ0) is 16.9. The number of nitrogens with zero attached hydrogens (tertiary/aromatic N) is 4. The molecular formula is C16H16N4O2S2. The molecule has 1 aromatic carbocycles. The predicted octanol–water partition coefficient (Wildman–Crippen LogP) is 2.60. The first-order valence-electron chi connectivity index (χ1n) is 7.40. The van der Waals surface area contributed by atoms with Gasteiger partial charge in [0.05, 0.1) is 5.69 Å². The predicted molar refractivity (Wildman–Crippen MR) is 92.5 cm³/mol. The van der Waals surface area contributed by atoms with Crippen molar-refractivity contribution in [1.29, 1.82) is 0 Å². The molecule has 0 fully saturated rings. The SMILES string of the molecule is CC[n+]1cc(/N=C(\[O-])CSc2nc(-c3ccc(C)cc3)cs2)on1. The molecular weight excluding hydrogens is 344 g/mol. The van der Waals surface area contributed by atoms with Gasteiger partial charge in [-0.3, -0.25) is 4.52 Å². The van der Waals surface area contributed by atoms with Crippen LogP contribution < -0.4 is 9.79 Å². The Balaban J connectivity index is 1.61. The summed E-state index contributed by atoms with van der Waals surface area (Å²) < 4.78 is 7.37. The lowest BCUT2D eigenvalue weighted by molar-refractivity contribution is -0.759. The molecule has 8 heteroatoms. The summed E-state index contributed by atoms with van der Waals surface area (Å²) in [6.45, 7) is 4.65. The fourth-order valence-electron chi connectivity index (χ4n) is 1.93. The molecule has 0 aliphatic rings. The number of rotatable bonds is 6. The van der Waals surface area contributed by atoms with E-state index in [1.165, 1.54) is 28.7 Å². The molecule has 124 valence electrons. The van der Waals surface area contributed by atoms with E-state index in [1.54, 1.807) is 10.9 Å². The molecule has 0 N–H and O–H groups in total. The molecule has 0 spiro atoms. The van der Waals surface area contributed by atoms with Crippen LogP contribution in [0, 0.1) is 6.92 Å². The van der Waals surface area contributed by atoms with Crippen LogP contribution in [0.1, 0.15) is 12.5 Å². The molecule has 0 amide bonds. The highest BCUT2D eigenvalue weighted by atomic mass is 32.2. The van der Waals surface area contributed by atoms with Gasteiger partial charge in [0, 0.05) is 16.7 Å². The van der Waals surface area contributed by atoms with E-state index < -0.39 is 0 Å². The van der Waals surface area contributed by atoms with Gasteiger partial charge in [-0.2, -0.15) is 0 Å². The smallest absolute Gasteiger partial charge is 0.320 e. The maximum absolute atomic E-state index is 11.9. The Morgan fingerprint density at radius 2 is 2.17 bits per heavy atom. The van der Waals surface area contributed by atoms with Crippen LogP contribution in [0.2, 0.25) is 0 Å². The molecule has 2 aromatic heterocycles. The molecule has 3 aromatic rings. The van der Waals surface area contributed by atoms with Crippen molar-refractivity contribution < 1.29 is 14.3 Å². The lowest BCUT2D eigenvalue weighted by atomic mass is 10.1. The zero-order valence-electron chi connectivity index (χ0n) is 13.3. The van der Waals surface area contributed by atoms with Gasteiger partial charge in [-0.25, -0.2) is 9.98 Å². The van der Waals surface area contributed by atoms with E-state index in [2.05, 4.69) is 34.3 Å². The van der Waals surface area contributed by atoms with Crippen LogP contribution in [0.5, 0.6) is 0 Å². The second-order valence-corrected chi connectivity index (χ2v) is 7.14. The average Bonchev–Trinajstić information content (AvgIpc) is 3.23. The monoisotopic (exact) mass is 360 g/mol.